The van der Waals surface area contributed by atoms with Crippen molar-refractivity contribution in [2.45, 2.75) is 24.7 Å². The molecule has 0 radical (unpaired) electrons. The molecule has 1 atom stereocenters. The van der Waals surface area contributed by atoms with Crippen molar-refractivity contribution >= 4 is 49.6 Å². The first-order valence-electron chi connectivity index (χ1n) is 22.7. The summed E-state index contributed by atoms with van der Waals surface area (Å²) < 4.78 is 9.58. The quantitative estimate of drug-likeness (QED) is 0.176. The van der Waals surface area contributed by atoms with Crippen molar-refractivity contribution in [1.82, 2.24) is 4.57 Å². The summed E-state index contributed by atoms with van der Waals surface area (Å²) in [5.74, 6) is 1.73. The van der Waals surface area contributed by atoms with Crippen LogP contribution < -0.4 is 9.64 Å². The molecule has 3 nitrogen and oxygen atoms in total. The average Bonchev–Trinajstić information content (AvgIpc) is 3.80. The highest BCUT2D eigenvalue weighted by atomic mass is 16.5. The van der Waals surface area contributed by atoms with Gasteiger partial charge in [0.15, 0.2) is 0 Å². The van der Waals surface area contributed by atoms with Gasteiger partial charge in [0.1, 0.15) is 11.5 Å². The third-order valence-corrected chi connectivity index (χ3v) is 14.8. The van der Waals surface area contributed by atoms with Gasteiger partial charge >= 0.3 is 0 Å². The Morgan fingerprint density at radius 3 is 1.83 bits per heavy atom. The van der Waals surface area contributed by atoms with E-state index in [1.54, 1.807) is 0 Å². The molecule has 1 aliphatic heterocycles. The molecule has 0 amide bonds. The number of nitrogens with zero attached hydrogens (tertiary/aromatic N) is 2. The first kappa shape index (κ1) is 36.4. The number of benzene rings is 10. The molecule has 1 unspecified atom stereocenters. The van der Waals surface area contributed by atoms with Crippen molar-refractivity contribution in [2.24, 2.45) is 0 Å². The zero-order valence-corrected chi connectivity index (χ0v) is 36.1. The number of hydrogen-bond acceptors (Lipinski definition) is 2. The summed E-state index contributed by atoms with van der Waals surface area (Å²) in [7, 11) is 0. The van der Waals surface area contributed by atoms with Crippen LogP contribution in [0.25, 0.3) is 60.5 Å². The van der Waals surface area contributed by atoms with Crippen LogP contribution in [0.4, 0.5) is 17.1 Å². The molecule has 2 heterocycles. The molecular formula is C62H42N2O. The van der Waals surface area contributed by atoms with E-state index in [-0.39, 0.29) is 5.41 Å². The van der Waals surface area contributed by atoms with Gasteiger partial charge in [-0.05, 0) is 110 Å². The van der Waals surface area contributed by atoms with Gasteiger partial charge in [0.25, 0.3) is 0 Å². The van der Waals surface area contributed by atoms with Gasteiger partial charge in [0.2, 0.25) is 0 Å². The Balaban J connectivity index is 1.04. The minimum Gasteiger partial charge on any atom is -0.457 e. The van der Waals surface area contributed by atoms with Gasteiger partial charge in [-0.1, -0.05) is 172 Å². The number of hydrogen-bond donors (Lipinski definition) is 0. The molecule has 0 bridgehead atoms. The second-order valence-electron chi connectivity index (χ2n) is 18.4. The summed E-state index contributed by atoms with van der Waals surface area (Å²) in [5, 5.41) is 4.99. The highest BCUT2D eigenvalue weighted by Gasteiger charge is 2.49. The van der Waals surface area contributed by atoms with Crippen molar-refractivity contribution in [3.05, 3.63) is 252 Å². The summed E-state index contributed by atoms with van der Waals surface area (Å²) >= 11 is 0. The zero-order valence-electron chi connectivity index (χ0n) is 36.1. The number of ether oxygens (including phenoxy) is 1. The summed E-state index contributed by atoms with van der Waals surface area (Å²) in [4.78, 5) is 2.44. The molecule has 0 saturated carbocycles. The Morgan fingerprint density at radius 2 is 0.969 bits per heavy atom. The first-order chi connectivity index (χ1) is 32.0. The Labute approximate surface area is 378 Å². The fourth-order valence-corrected chi connectivity index (χ4v) is 12.1. The maximum atomic E-state index is 7.17. The van der Waals surface area contributed by atoms with Crippen LogP contribution in [0, 0.1) is 0 Å². The van der Waals surface area contributed by atoms with Gasteiger partial charge < -0.3 is 14.2 Å². The molecule has 2 aliphatic carbocycles. The van der Waals surface area contributed by atoms with Crippen LogP contribution >= 0.6 is 0 Å². The fourth-order valence-electron chi connectivity index (χ4n) is 12.1. The SMILES string of the molecule is CC1(C)c2ccccc2-c2ccc(N(c3ccc4c(c3)Oc3ccccc3C43c4ccccc4-c4cccc5cccc3c45)c3ccc4c5ccccc5n(-c5ccccc5)c4c3)cc21. The van der Waals surface area contributed by atoms with E-state index in [0.29, 0.717) is 0 Å². The van der Waals surface area contributed by atoms with Crippen LogP contribution in [0.15, 0.2) is 218 Å². The van der Waals surface area contributed by atoms with Crippen LogP contribution in [0.5, 0.6) is 11.5 Å². The normalized spacial score (nSPS) is 15.8. The van der Waals surface area contributed by atoms with Crippen LogP contribution in [-0.4, -0.2) is 4.57 Å². The van der Waals surface area contributed by atoms with E-state index in [9.17, 15) is 0 Å². The van der Waals surface area contributed by atoms with E-state index >= 15 is 0 Å². The lowest BCUT2D eigenvalue weighted by Gasteiger charge is -2.45. The molecule has 1 spiro atoms. The predicted molar refractivity (Wildman–Crippen MR) is 268 cm³/mol. The molecule has 0 N–H and O–H groups in total. The van der Waals surface area contributed by atoms with E-state index < -0.39 is 5.41 Å². The molecule has 3 heteroatoms. The lowest BCUT2D eigenvalue weighted by molar-refractivity contribution is 0.435. The van der Waals surface area contributed by atoms with Gasteiger partial charge in [-0.3, -0.25) is 0 Å². The monoisotopic (exact) mass is 830 g/mol. The topological polar surface area (TPSA) is 17.4 Å². The molecule has 14 rings (SSSR count). The van der Waals surface area contributed by atoms with Crippen molar-refractivity contribution < 1.29 is 4.74 Å². The largest absolute Gasteiger partial charge is 0.457 e. The standard InChI is InChI=1S/C62H42N2O/c1-61(2)50-24-9-6-20-44(50)46-33-30-41(36-55(46)61)63(42-31-34-48-47-22-8-12-28-56(47)64(57(48)37-42)40-18-4-3-5-19-40)43-32-35-53-59(38-43)65-58-29-13-11-26-52(58)62(53)51-25-10-7-21-45(51)49-23-14-16-39-17-15-27-54(62)60(39)49/h3-38H,1-2H3. The van der Waals surface area contributed by atoms with Gasteiger partial charge in [-0.25, -0.2) is 0 Å². The first-order valence-corrected chi connectivity index (χ1v) is 22.7. The van der Waals surface area contributed by atoms with Crippen molar-refractivity contribution in [3.63, 3.8) is 0 Å². The zero-order chi connectivity index (χ0) is 43.0. The molecule has 306 valence electrons. The highest BCUT2D eigenvalue weighted by molar-refractivity contribution is 6.11. The predicted octanol–water partition coefficient (Wildman–Crippen LogP) is 16.2. The third kappa shape index (κ3) is 4.85. The van der Waals surface area contributed by atoms with Gasteiger partial charge in [-0.15, -0.1) is 0 Å². The maximum Gasteiger partial charge on any atom is 0.134 e. The van der Waals surface area contributed by atoms with Crippen molar-refractivity contribution in [3.8, 4) is 39.4 Å². The molecule has 0 fully saturated rings. The number of anilines is 3. The maximum absolute atomic E-state index is 7.17. The van der Waals surface area contributed by atoms with E-state index in [2.05, 4.69) is 242 Å². The molecule has 11 aromatic rings. The van der Waals surface area contributed by atoms with Gasteiger partial charge in [-0.2, -0.15) is 0 Å². The van der Waals surface area contributed by atoms with Gasteiger partial charge in [0, 0.05) is 56.1 Å². The Morgan fingerprint density at radius 1 is 0.385 bits per heavy atom. The van der Waals surface area contributed by atoms with Crippen LogP contribution in [-0.2, 0) is 10.8 Å². The second-order valence-corrected chi connectivity index (χ2v) is 18.4. The lowest BCUT2D eigenvalue weighted by Crippen LogP contribution is -2.36. The summed E-state index contributed by atoms with van der Waals surface area (Å²) in [6.07, 6.45) is 0. The summed E-state index contributed by atoms with van der Waals surface area (Å²) in [6.45, 7) is 4.72. The average molecular weight is 831 g/mol. The highest BCUT2D eigenvalue weighted by Crippen LogP contribution is 2.62. The smallest absolute Gasteiger partial charge is 0.134 e. The summed E-state index contributed by atoms with van der Waals surface area (Å²) in [5.41, 5.74) is 18.6. The minimum atomic E-state index is -0.614. The van der Waals surface area contributed by atoms with Crippen molar-refractivity contribution in [2.75, 3.05) is 4.90 Å². The second kappa shape index (κ2) is 13.2. The number of fused-ring (bicyclic) bond motifs is 14. The molecule has 10 aromatic carbocycles. The Bertz CT molecular complexity index is 3800. The molecule has 0 saturated heterocycles. The Hall–Kier alpha value is -8.14. The molecule has 3 aliphatic rings. The van der Waals surface area contributed by atoms with E-state index in [0.717, 1.165) is 50.9 Å². The van der Waals surface area contributed by atoms with Crippen molar-refractivity contribution in [1.29, 1.82) is 0 Å². The molecule has 65 heavy (non-hydrogen) atoms. The number of para-hydroxylation sites is 3. The van der Waals surface area contributed by atoms with E-state index in [1.807, 2.05) is 0 Å². The van der Waals surface area contributed by atoms with Crippen LogP contribution in [0.2, 0.25) is 0 Å². The van der Waals surface area contributed by atoms with Crippen LogP contribution in [0.1, 0.15) is 47.2 Å². The minimum absolute atomic E-state index is 0.169. The fraction of sp³-hybridized carbons (Fsp3) is 0.0645. The molecule has 1 aromatic heterocycles. The number of rotatable bonds is 4. The van der Waals surface area contributed by atoms with E-state index in [1.165, 1.54) is 71.6 Å². The van der Waals surface area contributed by atoms with E-state index in [4.69, 9.17) is 4.74 Å². The Kier molecular flexibility index (Phi) is 7.38. The lowest BCUT2D eigenvalue weighted by atomic mass is 9.58. The van der Waals surface area contributed by atoms with Gasteiger partial charge in [0.05, 0.1) is 16.4 Å². The summed E-state index contributed by atoms with van der Waals surface area (Å²) in [6, 6.07) is 80.6. The number of aromatic nitrogens is 1. The van der Waals surface area contributed by atoms with Crippen LogP contribution in [0.3, 0.4) is 0 Å². The third-order valence-electron chi connectivity index (χ3n) is 14.8. The molecular weight excluding hydrogens is 789 g/mol.